The van der Waals surface area contributed by atoms with Crippen LogP contribution in [-0.4, -0.2) is 25.1 Å². The molecule has 2 rings (SSSR count). The minimum absolute atomic E-state index is 0.0954. The topological polar surface area (TPSA) is 41.6 Å². The Balaban J connectivity index is 1.93. The van der Waals surface area contributed by atoms with Crippen LogP contribution in [0.1, 0.15) is 32.8 Å². The Bertz CT molecular complexity index is 699. The molecule has 140 valence electrons. The lowest BCUT2D eigenvalue weighted by molar-refractivity contribution is -0.128. The summed E-state index contributed by atoms with van der Waals surface area (Å²) >= 11 is 0. The summed E-state index contributed by atoms with van der Waals surface area (Å²) in [5.74, 6) is -0.618. The Morgan fingerprint density at radius 3 is 2.31 bits per heavy atom. The molecule has 0 aliphatic heterocycles. The Hall–Kier alpha value is -2.56. The summed E-state index contributed by atoms with van der Waals surface area (Å²) in [5.41, 5.74) is 2.18. The zero-order chi connectivity index (χ0) is 18.9. The highest BCUT2D eigenvalue weighted by Gasteiger charge is 2.19. The summed E-state index contributed by atoms with van der Waals surface area (Å²) < 4.78 is 19.2. The largest absolute Gasteiger partial charge is 0.478 e. The second-order valence-electron chi connectivity index (χ2n) is 6.00. The zero-order valence-electron chi connectivity index (χ0n) is 15.7. The highest BCUT2D eigenvalue weighted by Crippen LogP contribution is 2.18. The van der Waals surface area contributed by atoms with Crippen molar-refractivity contribution < 1.29 is 13.9 Å². The molecule has 4 nitrogen and oxygen atoms in total. The Morgan fingerprint density at radius 1 is 1.08 bits per heavy atom. The molecule has 1 N–H and O–H groups in total. The summed E-state index contributed by atoms with van der Waals surface area (Å²) in [6, 6.07) is 14.2. The molecular formula is C21H27FN2O2. The van der Waals surface area contributed by atoms with Gasteiger partial charge in [-0.2, -0.15) is 0 Å². The van der Waals surface area contributed by atoms with E-state index >= 15 is 0 Å². The fraction of sp³-hybridized carbons (Fsp3) is 0.381. The van der Waals surface area contributed by atoms with E-state index in [2.05, 4.69) is 36.2 Å². The molecule has 0 saturated carbocycles. The molecule has 0 aliphatic rings. The van der Waals surface area contributed by atoms with E-state index in [1.807, 2.05) is 19.1 Å². The summed E-state index contributed by atoms with van der Waals surface area (Å²) in [7, 11) is 0. The highest BCUT2D eigenvalue weighted by atomic mass is 19.1. The third kappa shape index (κ3) is 5.22. The molecule has 1 amide bonds. The van der Waals surface area contributed by atoms with Crippen LogP contribution >= 0.6 is 0 Å². The van der Waals surface area contributed by atoms with Crippen LogP contribution in [0.4, 0.5) is 10.1 Å². The van der Waals surface area contributed by atoms with Crippen LogP contribution in [0.2, 0.25) is 0 Å². The van der Waals surface area contributed by atoms with Gasteiger partial charge in [0.05, 0.1) is 0 Å². The lowest BCUT2D eigenvalue weighted by Crippen LogP contribution is -2.37. The van der Waals surface area contributed by atoms with Crippen LogP contribution in [0, 0.1) is 5.82 Å². The van der Waals surface area contributed by atoms with Crippen molar-refractivity contribution in [3.63, 3.8) is 0 Å². The highest BCUT2D eigenvalue weighted by molar-refractivity contribution is 5.81. The number of hydrogen-bond acceptors (Lipinski definition) is 3. The van der Waals surface area contributed by atoms with Crippen molar-refractivity contribution in [3.05, 3.63) is 59.9 Å². The van der Waals surface area contributed by atoms with Gasteiger partial charge in [0, 0.05) is 25.3 Å². The predicted octanol–water partition coefficient (Wildman–Crippen LogP) is 4.15. The van der Waals surface area contributed by atoms with Gasteiger partial charge in [-0.25, -0.2) is 4.39 Å². The van der Waals surface area contributed by atoms with Crippen molar-refractivity contribution in [2.75, 3.05) is 18.0 Å². The molecule has 26 heavy (non-hydrogen) atoms. The first-order valence-corrected chi connectivity index (χ1v) is 9.11. The maximum absolute atomic E-state index is 13.7. The number of rotatable bonds is 9. The van der Waals surface area contributed by atoms with Gasteiger partial charge in [-0.1, -0.05) is 31.2 Å². The normalized spacial score (nSPS) is 11.7. The van der Waals surface area contributed by atoms with Gasteiger partial charge in [0.2, 0.25) is 0 Å². The van der Waals surface area contributed by atoms with Crippen LogP contribution in [0.3, 0.4) is 0 Å². The van der Waals surface area contributed by atoms with Gasteiger partial charge in [0.1, 0.15) is 0 Å². The first-order valence-electron chi connectivity index (χ1n) is 9.11. The fourth-order valence-electron chi connectivity index (χ4n) is 2.73. The van der Waals surface area contributed by atoms with Gasteiger partial charge in [-0.05, 0) is 50.1 Å². The molecule has 0 aromatic heterocycles. The number of halogens is 1. The second kappa shape index (κ2) is 9.80. The molecule has 0 radical (unpaired) electrons. The molecule has 0 spiro atoms. The van der Waals surface area contributed by atoms with Crippen molar-refractivity contribution >= 4 is 11.6 Å². The lowest BCUT2D eigenvalue weighted by Gasteiger charge is -2.21. The summed E-state index contributed by atoms with van der Waals surface area (Å²) in [6.07, 6.45) is -0.261. The van der Waals surface area contributed by atoms with E-state index in [-0.39, 0.29) is 11.7 Å². The molecular weight excluding hydrogens is 331 g/mol. The molecule has 0 saturated heterocycles. The first-order chi connectivity index (χ1) is 12.6. The monoisotopic (exact) mass is 358 g/mol. The minimum atomic E-state index is -0.721. The Labute approximate surface area is 155 Å². The Kier molecular flexibility index (Phi) is 7.45. The van der Waals surface area contributed by atoms with Gasteiger partial charge in [0.25, 0.3) is 5.91 Å². The SMILES string of the molecule is CCC(Oc1ccccc1F)C(=O)NCc1ccc(N(CC)CC)cc1. The molecule has 1 atom stereocenters. The van der Waals surface area contributed by atoms with Crippen molar-refractivity contribution in [3.8, 4) is 5.75 Å². The third-order valence-electron chi connectivity index (χ3n) is 4.30. The summed E-state index contributed by atoms with van der Waals surface area (Å²) in [4.78, 5) is 14.6. The summed E-state index contributed by atoms with van der Waals surface area (Å²) in [5, 5.41) is 2.87. The van der Waals surface area contributed by atoms with Gasteiger partial charge < -0.3 is 15.0 Å². The smallest absolute Gasteiger partial charge is 0.261 e. The van der Waals surface area contributed by atoms with Crippen LogP contribution in [0.15, 0.2) is 48.5 Å². The molecule has 0 fully saturated rings. The molecule has 5 heteroatoms. The number of amides is 1. The second-order valence-corrected chi connectivity index (χ2v) is 6.00. The number of para-hydroxylation sites is 1. The van der Waals surface area contributed by atoms with E-state index < -0.39 is 11.9 Å². The maximum Gasteiger partial charge on any atom is 0.261 e. The van der Waals surface area contributed by atoms with Gasteiger partial charge in [0.15, 0.2) is 17.7 Å². The van der Waals surface area contributed by atoms with Gasteiger partial charge in [-0.15, -0.1) is 0 Å². The number of nitrogens with one attached hydrogen (secondary N) is 1. The number of carbonyl (C=O) groups is 1. The van der Waals surface area contributed by atoms with Crippen molar-refractivity contribution in [2.24, 2.45) is 0 Å². The molecule has 0 aliphatic carbocycles. The molecule has 2 aromatic carbocycles. The van der Waals surface area contributed by atoms with Crippen molar-refractivity contribution in [1.29, 1.82) is 0 Å². The third-order valence-corrected chi connectivity index (χ3v) is 4.30. The number of ether oxygens (including phenoxy) is 1. The number of hydrogen-bond donors (Lipinski definition) is 1. The number of carbonyl (C=O) groups excluding carboxylic acids is 1. The Morgan fingerprint density at radius 2 is 1.73 bits per heavy atom. The van der Waals surface area contributed by atoms with Crippen molar-refractivity contribution in [2.45, 2.75) is 39.8 Å². The van der Waals surface area contributed by atoms with E-state index in [1.165, 1.54) is 17.8 Å². The minimum Gasteiger partial charge on any atom is -0.478 e. The number of anilines is 1. The van der Waals surface area contributed by atoms with Crippen LogP contribution in [0.25, 0.3) is 0 Å². The van der Waals surface area contributed by atoms with E-state index in [9.17, 15) is 9.18 Å². The zero-order valence-corrected chi connectivity index (χ0v) is 15.7. The van der Waals surface area contributed by atoms with Crippen LogP contribution in [-0.2, 0) is 11.3 Å². The van der Waals surface area contributed by atoms with Gasteiger partial charge in [-0.3, -0.25) is 4.79 Å². The van der Waals surface area contributed by atoms with E-state index in [0.717, 1.165) is 18.7 Å². The quantitative estimate of drug-likeness (QED) is 0.732. The molecule has 1 unspecified atom stereocenters. The number of benzene rings is 2. The van der Waals surface area contributed by atoms with E-state index in [0.29, 0.717) is 13.0 Å². The average molecular weight is 358 g/mol. The van der Waals surface area contributed by atoms with Crippen molar-refractivity contribution in [1.82, 2.24) is 5.32 Å². The maximum atomic E-state index is 13.7. The standard InChI is InChI=1S/C21H27FN2O2/c1-4-19(26-20-10-8-7-9-18(20)22)21(25)23-15-16-11-13-17(14-12-16)24(5-2)6-3/h7-14,19H,4-6,15H2,1-3H3,(H,23,25). The van der Waals surface area contributed by atoms with E-state index in [4.69, 9.17) is 4.74 Å². The average Bonchev–Trinajstić information content (AvgIpc) is 2.67. The van der Waals surface area contributed by atoms with Gasteiger partial charge >= 0.3 is 0 Å². The first kappa shape index (κ1) is 19.8. The molecule has 0 heterocycles. The number of nitrogens with zero attached hydrogens (tertiary/aromatic N) is 1. The fourth-order valence-corrected chi connectivity index (χ4v) is 2.73. The predicted molar refractivity (Wildman–Crippen MR) is 103 cm³/mol. The van der Waals surface area contributed by atoms with Crippen LogP contribution in [0.5, 0.6) is 5.75 Å². The molecule has 2 aromatic rings. The molecule has 0 bridgehead atoms. The van der Waals surface area contributed by atoms with E-state index in [1.54, 1.807) is 12.1 Å². The van der Waals surface area contributed by atoms with Crippen LogP contribution < -0.4 is 15.0 Å². The summed E-state index contributed by atoms with van der Waals surface area (Å²) in [6.45, 7) is 8.41. The lowest BCUT2D eigenvalue weighted by atomic mass is 10.2.